The molecule has 1 saturated heterocycles. The Morgan fingerprint density at radius 1 is 1.17 bits per heavy atom. The van der Waals surface area contributed by atoms with Crippen molar-refractivity contribution in [2.45, 2.75) is 82.7 Å². The highest BCUT2D eigenvalue weighted by atomic mass is 32.2. The first-order valence-electron chi connectivity index (χ1n) is 12.7. The molecule has 5 rings (SSSR count). The van der Waals surface area contributed by atoms with Crippen LogP contribution in [0, 0.1) is 11.8 Å². The summed E-state index contributed by atoms with van der Waals surface area (Å²) in [6, 6.07) is 6.11. The van der Waals surface area contributed by atoms with Crippen LogP contribution in [0.25, 0.3) is 11.0 Å². The van der Waals surface area contributed by atoms with Crippen LogP contribution in [0.4, 0.5) is 5.82 Å². The minimum absolute atomic E-state index is 0.0767. The molecular formula is C27H33N5O2S. The van der Waals surface area contributed by atoms with Crippen LogP contribution in [0.5, 0.6) is 5.75 Å². The molecular weight excluding hydrogens is 458 g/mol. The number of nitrogens with two attached hydrogens (primary N) is 1. The maximum atomic E-state index is 12.4. The fourth-order valence-electron chi connectivity index (χ4n) is 5.10. The van der Waals surface area contributed by atoms with Gasteiger partial charge in [0.1, 0.15) is 22.9 Å². The van der Waals surface area contributed by atoms with E-state index in [1.807, 2.05) is 26.0 Å². The van der Waals surface area contributed by atoms with Crippen molar-refractivity contribution in [1.29, 1.82) is 0 Å². The first-order valence-corrected chi connectivity index (χ1v) is 13.7. The van der Waals surface area contributed by atoms with E-state index >= 15 is 0 Å². The number of nitrogens with zero attached hydrogens (tertiary/aromatic N) is 4. The molecule has 1 aromatic carbocycles. The zero-order valence-electron chi connectivity index (χ0n) is 20.5. The van der Waals surface area contributed by atoms with Gasteiger partial charge < -0.3 is 15.0 Å². The first-order chi connectivity index (χ1) is 17.0. The van der Waals surface area contributed by atoms with Crippen molar-refractivity contribution < 1.29 is 4.74 Å². The summed E-state index contributed by atoms with van der Waals surface area (Å²) in [5, 5.41) is 0.117. The lowest BCUT2D eigenvalue weighted by Gasteiger charge is -2.21. The standard InChI is InChI=1S/C27H33N5O2S/c1-18(2)34-22-13-6-12-21-24(22)29-26(19-9-4-3-5-10-19)31(21)15-7-11-20-17-32(23-14-8-16-35-23)27(33)30-25(20)28/h6,12-13,17-19,23H,3-5,8-10,14-16H2,1-2H3,(H2,28,30,33)/t23-/m1/s1. The third-order valence-electron chi connectivity index (χ3n) is 6.76. The number of hydrogen-bond donors (Lipinski definition) is 1. The van der Waals surface area contributed by atoms with Gasteiger partial charge in [-0.25, -0.2) is 9.78 Å². The zero-order chi connectivity index (χ0) is 24.4. The second-order valence-corrected chi connectivity index (χ2v) is 11.0. The topological polar surface area (TPSA) is 88.0 Å². The SMILES string of the molecule is CC(C)Oc1cccc2c1nc(C1CCCCC1)n2CC#Cc1cn([C@H]2CCCS2)c(=O)nc1N. The van der Waals surface area contributed by atoms with Gasteiger partial charge in [-0.05, 0) is 57.4 Å². The molecule has 2 aromatic heterocycles. The highest BCUT2D eigenvalue weighted by molar-refractivity contribution is 7.99. The number of para-hydroxylation sites is 1. The van der Waals surface area contributed by atoms with E-state index in [4.69, 9.17) is 15.5 Å². The number of rotatable bonds is 5. The smallest absolute Gasteiger partial charge is 0.350 e. The lowest BCUT2D eigenvalue weighted by atomic mass is 9.88. The average Bonchev–Trinajstić information content (AvgIpc) is 3.50. The van der Waals surface area contributed by atoms with Crippen molar-refractivity contribution in [1.82, 2.24) is 19.1 Å². The molecule has 3 heterocycles. The summed E-state index contributed by atoms with van der Waals surface area (Å²) >= 11 is 1.78. The molecule has 0 bridgehead atoms. The predicted molar refractivity (Wildman–Crippen MR) is 142 cm³/mol. The van der Waals surface area contributed by atoms with E-state index in [-0.39, 0.29) is 23.0 Å². The van der Waals surface area contributed by atoms with Gasteiger partial charge in [-0.2, -0.15) is 4.98 Å². The molecule has 0 amide bonds. The van der Waals surface area contributed by atoms with Gasteiger partial charge in [0.2, 0.25) is 0 Å². The molecule has 1 saturated carbocycles. The van der Waals surface area contributed by atoms with E-state index < -0.39 is 0 Å². The summed E-state index contributed by atoms with van der Waals surface area (Å²) < 4.78 is 10.00. The first kappa shape index (κ1) is 23.8. The van der Waals surface area contributed by atoms with Gasteiger partial charge in [0.15, 0.2) is 0 Å². The summed E-state index contributed by atoms with van der Waals surface area (Å²) in [6.07, 6.45) is 9.99. The van der Waals surface area contributed by atoms with Crippen LogP contribution in [0.15, 0.2) is 29.2 Å². The Morgan fingerprint density at radius 3 is 2.74 bits per heavy atom. The Hall–Kier alpha value is -2.92. The fourth-order valence-corrected chi connectivity index (χ4v) is 6.36. The number of anilines is 1. The Balaban J connectivity index is 1.51. The quantitative estimate of drug-likeness (QED) is 0.500. The second-order valence-electron chi connectivity index (χ2n) is 9.68. The lowest BCUT2D eigenvalue weighted by Crippen LogP contribution is -2.26. The van der Waals surface area contributed by atoms with Gasteiger partial charge in [0.25, 0.3) is 0 Å². The summed E-state index contributed by atoms with van der Waals surface area (Å²) in [6.45, 7) is 4.56. The lowest BCUT2D eigenvalue weighted by molar-refractivity contribution is 0.245. The summed E-state index contributed by atoms with van der Waals surface area (Å²) in [4.78, 5) is 21.5. The van der Waals surface area contributed by atoms with E-state index in [1.165, 1.54) is 19.3 Å². The van der Waals surface area contributed by atoms with Gasteiger partial charge in [-0.1, -0.05) is 37.2 Å². The number of aromatic nitrogens is 4. The van der Waals surface area contributed by atoms with Crippen molar-refractivity contribution >= 4 is 28.6 Å². The maximum Gasteiger partial charge on any atom is 0.350 e. The van der Waals surface area contributed by atoms with Gasteiger partial charge in [-0.3, -0.25) is 4.57 Å². The largest absolute Gasteiger partial charge is 0.489 e. The molecule has 184 valence electrons. The number of fused-ring (bicyclic) bond motifs is 1. The summed E-state index contributed by atoms with van der Waals surface area (Å²) in [5.41, 5.74) is 8.32. The molecule has 1 aliphatic carbocycles. The number of imidazole rings is 1. The Bertz CT molecular complexity index is 1320. The van der Waals surface area contributed by atoms with Gasteiger partial charge in [-0.15, -0.1) is 11.8 Å². The Kier molecular flexibility index (Phi) is 7.05. The van der Waals surface area contributed by atoms with Crippen LogP contribution in [0.3, 0.4) is 0 Å². The minimum Gasteiger partial charge on any atom is -0.489 e. The Labute approximate surface area is 210 Å². The summed E-state index contributed by atoms with van der Waals surface area (Å²) in [7, 11) is 0. The molecule has 8 heteroatoms. The van der Waals surface area contributed by atoms with Gasteiger partial charge in [0, 0.05) is 12.1 Å². The van der Waals surface area contributed by atoms with E-state index in [2.05, 4.69) is 27.5 Å². The van der Waals surface area contributed by atoms with Crippen molar-refractivity contribution in [3.63, 3.8) is 0 Å². The molecule has 3 aromatic rings. The van der Waals surface area contributed by atoms with E-state index in [0.717, 1.165) is 54.0 Å². The van der Waals surface area contributed by atoms with Crippen molar-refractivity contribution in [2.75, 3.05) is 11.5 Å². The molecule has 0 radical (unpaired) electrons. The molecule has 1 aliphatic heterocycles. The molecule has 2 aliphatic rings. The number of nitrogen functional groups attached to an aromatic ring is 1. The summed E-state index contributed by atoms with van der Waals surface area (Å²) in [5.74, 6) is 10.1. The Morgan fingerprint density at radius 2 is 2.00 bits per heavy atom. The van der Waals surface area contributed by atoms with Gasteiger partial charge in [0.05, 0.1) is 29.1 Å². The zero-order valence-corrected chi connectivity index (χ0v) is 21.3. The molecule has 2 N–H and O–H groups in total. The third-order valence-corrected chi connectivity index (χ3v) is 8.13. The second kappa shape index (κ2) is 10.4. The van der Waals surface area contributed by atoms with Crippen molar-refractivity contribution in [3.8, 4) is 17.6 Å². The molecule has 2 fully saturated rings. The van der Waals surface area contributed by atoms with Crippen LogP contribution in [0.1, 0.15) is 81.5 Å². The molecule has 0 unspecified atom stereocenters. The van der Waals surface area contributed by atoms with Crippen LogP contribution in [-0.2, 0) is 6.54 Å². The minimum atomic E-state index is -0.301. The van der Waals surface area contributed by atoms with E-state index in [9.17, 15) is 4.79 Å². The number of thioether (sulfide) groups is 1. The van der Waals surface area contributed by atoms with E-state index in [0.29, 0.717) is 18.0 Å². The highest BCUT2D eigenvalue weighted by Gasteiger charge is 2.24. The van der Waals surface area contributed by atoms with Gasteiger partial charge >= 0.3 is 5.69 Å². The third kappa shape index (κ3) is 5.06. The van der Waals surface area contributed by atoms with Crippen LogP contribution in [0.2, 0.25) is 0 Å². The normalized spacial score (nSPS) is 18.7. The van der Waals surface area contributed by atoms with Crippen molar-refractivity contribution in [2.24, 2.45) is 0 Å². The van der Waals surface area contributed by atoms with Crippen LogP contribution in [-0.4, -0.2) is 31.0 Å². The highest BCUT2D eigenvalue weighted by Crippen LogP contribution is 2.36. The molecule has 7 nitrogen and oxygen atoms in total. The van der Waals surface area contributed by atoms with E-state index in [1.54, 1.807) is 22.5 Å². The fraction of sp³-hybridized carbons (Fsp3) is 0.519. The number of hydrogen-bond acceptors (Lipinski definition) is 6. The monoisotopic (exact) mass is 491 g/mol. The van der Waals surface area contributed by atoms with Crippen LogP contribution >= 0.6 is 11.8 Å². The van der Waals surface area contributed by atoms with Crippen molar-refractivity contribution in [3.05, 3.63) is 46.3 Å². The maximum absolute atomic E-state index is 12.4. The number of benzene rings is 1. The molecule has 0 spiro atoms. The molecule has 1 atom stereocenters. The average molecular weight is 492 g/mol. The molecule has 35 heavy (non-hydrogen) atoms. The number of ether oxygens (including phenoxy) is 1. The predicted octanol–water partition coefficient (Wildman–Crippen LogP) is 5.09. The van der Waals surface area contributed by atoms with Crippen LogP contribution < -0.4 is 16.2 Å².